The molecule has 2 N–H and O–H groups in total. The Kier molecular flexibility index (Phi) is 7.48. The van der Waals surface area contributed by atoms with Gasteiger partial charge in [0, 0.05) is 18.8 Å². The Morgan fingerprint density at radius 1 is 1.12 bits per heavy atom. The van der Waals surface area contributed by atoms with Gasteiger partial charge in [-0.05, 0) is 37.0 Å². The van der Waals surface area contributed by atoms with Gasteiger partial charge < -0.3 is 10.4 Å². The average molecular weight is 235 g/mol. The fourth-order valence-corrected chi connectivity index (χ4v) is 1.90. The first kappa shape index (κ1) is 14.0. The molecule has 17 heavy (non-hydrogen) atoms. The zero-order valence-corrected chi connectivity index (χ0v) is 10.9. The highest BCUT2D eigenvalue weighted by Crippen LogP contribution is 2.12. The zero-order chi connectivity index (χ0) is 12.3. The van der Waals surface area contributed by atoms with Crippen molar-refractivity contribution in [1.82, 2.24) is 0 Å². The minimum Gasteiger partial charge on any atom is -0.396 e. The first-order chi connectivity index (χ1) is 8.36. The SMILES string of the molecule is CCCCCCNc1cccc(CCCO)c1. The van der Waals surface area contributed by atoms with Crippen LogP contribution in [0.5, 0.6) is 0 Å². The van der Waals surface area contributed by atoms with E-state index < -0.39 is 0 Å². The molecule has 0 unspecified atom stereocenters. The summed E-state index contributed by atoms with van der Waals surface area (Å²) in [5.74, 6) is 0. The molecule has 0 spiro atoms. The third kappa shape index (κ3) is 6.32. The van der Waals surface area contributed by atoms with Crippen LogP contribution < -0.4 is 5.32 Å². The number of rotatable bonds is 9. The van der Waals surface area contributed by atoms with Crippen LogP contribution in [0.1, 0.15) is 44.6 Å². The van der Waals surface area contributed by atoms with Crippen molar-refractivity contribution in [2.45, 2.75) is 45.4 Å². The average Bonchev–Trinajstić information content (AvgIpc) is 2.37. The van der Waals surface area contributed by atoms with Gasteiger partial charge >= 0.3 is 0 Å². The topological polar surface area (TPSA) is 32.3 Å². The fourth-order valence-electron chi connectivity index (χ4n) is 1.90. The van der Waals surface area contributed by atoms with Crippen LogP contribution in [0.15, 0.2) is 24.3 Å². The maximum absolute atomic E-state index is 8.81. The second-order valence-corrected chi connectivity index (χ2v) is 4.51. The van der Waals surface area contributed by atoms with Gasteiger partial charge in [0.1, 0.15) is 0 Å². The molecule has 0 atom stereocenters. The van der Waals surface area contributed by atoms with Crippen LogP contribution in [0.3, 0.4) is 0 Å². The lowest BCUT2D eigenvalue weighted by atomic mass is 10.1. The normalized spacial score (nSPS) is 10.5. The Hall–Kier alpha value is -1.02. The molecule has 0 bridgehead atoms. The second-order valence-electron chi connectivity index (χ2n) is 4.51. The second kappa shape index (κ2) is 9.06. The predicted octanol–water partition coefficient (Wildman–Crippen LogP) is 3.60. The van der Waals surface area contributed by atoms with Crippen molar-refractivity contribution in [3.05, 3.63) is 29.8 Å². The number of anilines is 1. The fraction of sp³-hybridized carbons (Fsp3) is 0.600. The number of hydrogen-bond acceptors (Lipinski definition) is 2. The van der Waals surface area contributed by atoms with E-state index in [2.05, 4.69) is 36.5 Å². The van der Waals surface area contributed by atoms with E-state index >= 15 is 0 Å². The summed E-state index contributed by atoms with van der Waals surface area (Å²) >= 11 is 0. The van der Waals surface area contributed by atoms with E-state index in [0.29, 0.717) is 0 Å². The molecule has 0 amide bonds. The molecular weight excluding hydrogens is 210 g/mol. The van der Waals surface area contributed by atoms with Gasteiger partial charge in [0.05, 0.1) is 0 Å². The van der Waals surface area contributed by atoms with E-state index in [1.54, 1.807) is 0 Å². The van der Waals surface area contributed by atoms with E-state index in [4.69, 9.17) is 5.11 Å². The third-order valence-corrected chi connectivity index (χ3v) is 2.91. The van der Waals surface area contributed by atoms with Crippen molar-refractivity contribution in [3.8, 4) is 0 Å². The van der Waals surface area contributed by atoms with Gasteiger partial charge in [0.2, 0.25) is 0 Å². The van der Waals surface area contributed by atoms with Gasteiger partial charge in [-0.15, -0.1) is 0 Å². The van der Waals surface area contributed by atoms with Crippen molar-refractivity contribution in [1.29, 1.82) is 0 Å². The van der Waals surface area contributed by atoms with Crippen LogP contribution in [-0.4, -0.2) is 18.3 Å². The Morgan fingerprint density at radius 3 is 2.76 bits per heavy atom. The maximum atomic E-state index is 8.81. The highest BCUT2D eigenvalue weighted by atomic mass is 16.2. The number of aliphatic hydroxyl groups is 1. The third-order valence-electron chi connectivity index (χ3n) is 2.91. The number of aryl methyl sites for hydroxylation is 1. The lowest BCUT2D eigenvalue weighted by Crippen LogP contribution is -2.01. The van der Waals surface area contributed by atoms with Crippen molar-refractivity contribution < 1.29 is 5.11 Å². The van der Waals surface area contributed by atoms with Crippen LogP contribution in [0, 0.1) is 0 Å². The molecule has 0 aliphatic carbocycles. The minimum absolute atomic E-state index is 0.272. The van der Waals surface area contributed by atoms with Gasteiger partial charge in [0.25, 0.3) is 0 Å². The Morgan fingerprint density at radius 2 is 2.00 bits per heavy atom. The molecule has 0 heterocycles. The first-order valence-electron chi connectivity index (χ1n) is 6.80. The van der Waals surface area contributed by atoms with Crippen molar-refractivity contribution in [2.24, 2.45) is 0 Å². The van der Waals surface area contributed by atoms with Gasteiger partial charge in [-0.2, -0.15) is 0 Å². The molecule has 1 rings (SSSR count). The molecule has 0 saturated heterocycles. The molecule has 0 radical (unpaired) electrons. The maximum Gasteiger partial charge on any atom is 0.0434 e. The van der Waals surface area contributed by atoms with Crippen molar-refractivity contribution in [2.75, 3.05) is 18.5 Å². The molecule has 0 aliphatic heterocycles. The molecular formula is C15H25NO. The van der Waals surface area contributed by atoms with Crippen LogP contribution >= 0.6 is 0 Å². The van der Waals surface area contributed by atoms with Crippen molar-refractivity contribution >= 4 is 5.69 Å². The summed E-state index contributed by atoms with van der Waals surface area (Å²) in [6, 6.07) is 8.51. The number of hydrogen-bond donors (Lipinski definition) is 2. The van der Waals surface area contributed by atoms with E-state index in [0.717, 1.165) is 19.4 Å². The monoisotopic (exact) mass is 235 g/mol. The molecule has 1 aromatic rings. The molecule has 0 aromatic heterocycles. The number of aliphatic hydroxyl groups excluding tert-OH is 1. The Balaban J connectivity index is 2.27. The summed E-state index contributed by atoms with van der Waals surface area (Å²) in [5, 5.41) is 12.3. The first-order valence-corrected chi connectivity index (χ1v) is 6.80. The standard InChI is InChI=1S/C15H25NO/c1-2-3-4-5-11-16-15-10-6-8-14(13-15)9-7-12-17/h6,8,10,13,16-17H,2-5,7,9,11-12H2,1H3. The van der Waals surface area contributed by atoms with E-state index in [1.165, 1.54) is 36.9 Å². The summed E-state index contributed by atoms with van der Waals surface area (Å²) in [6.45, 7) is 3.57. The van der Waals surface area contributed by atoms with Crippen LogP contribution in [-0.2, 0) is 6.42 Å². The molecule has 2 heteroatoms. The molecule has 96 valence electrons. The number of nitrogens with one attached hydrogen (secondary N) is 1. The van der Waals surface area contributed by atoms with E-state index in [9.17, 15) is 0 Å². The Labute approximate surface area is 105 Å². The highest BCUT2D eigenvalue weighted by molar-refractivity contribution is 5.45. The summed E-state index contributed by atoms with van der Waals surface area (Å²) < 4.78 is 0. The van der Waals surface area contributed by atoms with E-state index in [-0.39, 0.29) is 6.61 Å². The van der Waals surface area contributed by atoms with Crippen LogP contribution in [0.2, 0.25) is 0 Å². The molecule has 0 aliphatic rings. The van der Waals surface area contributed by atoms with Crippen LogP contribution in [0.4, 0.5) is 5.69 Å². The highest BCUT2D eigenvalue weighted by Gasteiger charge is 1.96. The van der Waals surface area contributed by atoms with Gasteiger partial charge in [0.15, 0.2) is 0 Å². The summed E-state index contributed by atoms with van der Waals surface area (Å²) in [4.78, 5) is 0. The molecule has 0 saturated carbocycles. The zero-order valence-electron chi connectivity index (χ0n) is 10.9. The van der Waals surface area contributed by atoms with Gasteiger partial charge in [-0.1, -0.05) is 38.3 Å². The summed E-state index contributed by atoms with van der Waals surface area (Å²) in [5.41, 5.74) is 2.51. The molecule has 0 fully saturated rings. The van der Waals surface area contributed by atoms with Gasteiger partial charge in [-0.25, -0.2) is 0 Å². The summed E-state index contributed by atoms with van der Waals surface area (Å²) in [6.07, 6.45) is 6.99. The lowest BCUT2D eigenvalue weighted by molar-refractivity contribution is 0.288. The quantitative estimate of drug-likeness (QED) is 0.641. The summed E-state index contributed by atoms with van der Waals surface area (Å²) in [7, 11) is 0. The lowest BCUT2D eigenvalue weighted by Gasteiger charge is -2.08. The van der Waals surface area contributed by atoms with Crippen LogP contribution in [0.25, 0.3) is 0 Å². The Bertz CT molecular complexity index is 299. The molecule has 2 nitrogen and oxygen atoms in total. The van der Waals surface area contributed by atoms with Crippen molar-refractivity contribution in [3.63, 3.8) is 0 Å². The predicted molar refractivity (Wildman–Crippen MR) is 74.5 cm³/mol. The van der Waals surface area contributed by atoms with E-state index in [1.807, 2.05) is 0 Å². The largest absolute Gasteiger partial charge is 0.396 e. The number of benzene rings is 1. The minimum atomic E-state index is 0.272. The molecule has 1 aromatic carbocycles. The van der Waals surface area contributed by atoms with Gasteiger partial charge in [-0.3, -0.25) is 0 Å². The smallest absolute Gasteiger partial charge is 0.0434 e. The number of unbranched alkanes of at least 4 members (excludes halogenated alkanes) is 3.